The van der Waals surface area contributed by atoms with Crippen LogP contribution >= 0.6 is 27.5 Å². The average molecular weight is 348 g/mol. The van der Waals surface area contributed by atoms with Crippen molar-refractivity contribution in [3.05, 3.63) is 33.3 Å². The molecule has 1 aliphatic carbocycles. The maximum atomic E-state index is 10.1. The summed E-state index contributed by atoms with van der Waals surface area (Å²) in [5.74, 6) is 0.598. The van der Waals surface area contributed by atoms with Crippen molar-refractivity contribution >= 4 is 27.5 Å². The van der Waals surface area contributed by atoms with Gasteiger partial charge in [-0.1, -0.05) is 33.6 Å². The highest BCUT2D eigenvalue weighted by molar-refractivity contribution is 9.10. The first-order valence-electron chi connectivity index (χ1n) is 6.82. The molecule has 2 nitrogen and oxygen atoms in total. The molecule has 0 aliphatic heterocycles. The Morgan fingerprint density at radius 1 is 1.47 bits per heavy atom. The predicted molar refractivity (Wildman–Crippen MR) is 81.6 cm³/mol. The Hall–Kier alpha value is -0.0900. The van der Waals surface area contributed by atoms with Crippen molar-refractivity contribution < 1.29 is 9.84 Å². The maximum absolute atomic E-state index is 10.1. The zero-order valence-corrected chi connectivity index (χ0v) is 13.5. The van der Waals surface area contributed by atoms with E-state index in [-0.39, 0.29) is 6.10 Å². The number of aliphatic hydroxyl groups is 1. The first kappa shape index (κ1) is 15.3. The summed E-state index contributed by atoms with van der Waals surface area (Å²) in [6.07, 6.45) is 3.74. The molecule has 0 aromatic heterocycles. The van der Waals surface area contributed by atoms with Gasteiger partial charge in [0.1, 0.15) is 0 Å². The first-order valence-corrected chi connectivity index (χ1v) is 7.99. The van der Waals surface area contributed by atoms with Gasteiger partial charge in [0.15, 0.2) is 0 Å². The molecule has 19 heavy (non-hydrogen) atoms. The van der Waals surface area contributed by atoms with Crippen LogP contribution in [0.5, 0.6) is 0 Å². The minimum atomic E-state index is -0.314. The second kappa shape index (κ2) is 7.07. The fraction of sp³-hybridized carbons (Fsp3) is 0.600. The van der Waals surface area contributed by atoms with Gasteiger partial charge in [-0.15, -0.1) is 0 Å². The van der Waals surface area contributed by atoms with E-state index in [1.165, 1.54) is 0 Å². The summed E-state index contributed by atoms with van der Waals surface area (Å²) in [6.45, 7) is 2.81. The largest absolute Gasteiger partial charge is 0.393 e. The molecule has 0 radical (unpaired) electrons. The molecule has 0 saturated heterocycles. The number of benzene rings is 1. The molecule has 1 aliphatic rings. The molecule has 1 aromatic rings. The van der Waals surface area contributed by atoms with Crippen LogP contribution in [-0.2, 0) is 11.2 Å². The van der Waals surface area contributed by atoms with Gasteiger partial charge < -0.3 is 9.84 Å². The molecule has 0 bridgehead atoms. The van der Waals surface area contributed by atoms with Crippen LogP contribution in [-0.4, -0.2) is 23.9 Å². The van der Waals surface area contributed by atoms with E-state index >= 15 is 0 Å². The van der Waals surface area contributed by atoms with Gasteiger partial charge in [-0.2, -0.15) is 0 Å². The van der Waals surface area contributed by atoms with Crippen molar-refractivity contribution in [2.45, 2.75) is 44.8 Å². The average Bonchev–Trinajstić information content (AvgIpc) is 2.30. The molecule has 0 amide bonds. The van der Waals surface area contributed by atoms with E-state index in [1.807, 2.05) is 25.1 Å². The fourth-order valence-electron chi connectivity index (χ4n) is 2.65. The van der Waals surface area contributed by atoms with Crippen LogP contribution in [0.25, 0.3) is 0 Å². The lowest BCUT2D eigenvalue weighted by molar-refractivity contribution is -0.0375. The molecule has 1 N–H and O–H groups in total. The van der Waals surface area contributed by atoms with Gasteiger partial charge in [0.25, 0.3) is 0 Å². The predicted octanol–water partition coefficient (Wildman–Crippen LogP) is 4.21. The van der Waals surface area contributed by atoms with E-state index in [0.717, 1.165) is 35.9 Å². The number of rotatable bonds is 6. The second-order valence-corrected chi connectivity index (χ2v) is 6.57. The lowest BCUT2D eigenvalue weighted by Crippen LogP contribution is -2.34. The van der Waals surface area contributed by atoms with Crippen molar-refractivity contribution in [2.75, 3.05) is 6.61 Å². The molecule has 4 heteroatoms. The van der Waals surface area contributed by atoms with E-state index in [0.29, 0.717) is 23.5 Å². The summed E-state index contributed by atoms with van der Waals surface area (Å²) in [5.41, 5.74) is 1.01. The third kappa shape index (κ3) is 4.45. The summed E-state index contributed by atoms with van der Waals surface area (Å²) >= 11 is 9.54. The summed E-state index contributed by atoms with van der Waals surface area (Å²) in [4.78, 5) is 0. The number of hydrogen-bond donors (Lipinski definition) is 1. The molecule has 1 unspecified atom stereocenters. The Labute approximate surface area is 128 Å². The Balaban J connectivity index is 1.77. The Kier molecular flexibility index (Phi) is 5.70. The van der Waals surface area contributed by atoms with Gasteiger partial charge in [-0.25, -0.2) is 0 Å². The summed E-state index contributed by atoms with van der Waals surface area (Å²) < 4.78 is 6.50. The van der Waals surface area contributed by atoms with E-state index < -0.39 is 0 Å². The molecular formula is C15H20BrClO2. The monoisotopic (exact) mass is 346 g/mol. The Bertz CT molecular complexity index is 419. The SMILES string of the molecule is CCOC1CC(CC(O)Cc2ccc(Br)cc2Cl)C1. The highest BCUT2D eigenvalue weighted by atomic mass is 79.9. The zero-order chi connectivity index (χ0) is 13.8. The Morgan fingerprint density at radius 2 is 2.21 bits per heavy atom. The highest BCUT2D eigenvalue weighted by Crippen LogP contribution is 2.34. The van der Waals surface area contributed by atoms with Gasteiger partial charge >= 0.3 is 0 Å². The van der Waals surface area contributed by atoms with Crippen LogP contribution < -0.4 is 0 Å². The molecule has 0 heterocycles. The zero-order valence-electron chi connectivity index (χ0n) is 11.1. The first-order chi connectivity index (χ1) is 9.08. The third-order valence-electron chi connectivity index (χ3n) is 3.67. The van der Waals surface area contributed by atoms with Crippen molar-refractivity contribution in [1.82, 2.24) is 0 Å². The van der Waals surface area contributed by atoms with E-state index in [1.54, 1.807) is 0 Å². The van der Waals surface area contributed by atoms with Gasteiger partial charge in [-0.3, -0.25) is 0 Å². The second-order valence-electron chi connectivity index (χ2n) is 5.24. The van der Waals surface area contributed by atoms with Crippen LogP contribution in [0, 0.1) is 5.92 Å². The molecule has 1 fully saturated rings. The molecule has 2 rings (SSSR count). The number of ether oxygens (including phenoxy) is 1. The fourth-order valence-corrected chi connectivity index (χ4v) is 3.40. The van der Waals surface area contributed by atoms with Crippen LogP contribution in [0.2, 0.25) is 5.02 Å². The molecule has 0 spiro atoms. The summed E-state index contributed by atoms with van der Waals surface area (Å²) in [7, 11) is 0. The topological polar surface area (TPSA) is 29.5 Å². The summed E-state index contributed by atoms with van der Waals surface area (Å²) in [5, 5.41) is 10.9. The van der Waals surface area contributed by atoms with E-state index in [9.17, 15) is 5.11 Å². The molecule has 1 saturated carbocycles. The van der Waals surface area contributed by atoms with Crippen LogP contribution in [0.4, 0.5) is 0 Å². The highest BCUT2D eigenvalue weighted by Gasteiger charge is 2.31. The van der Waals surface area contributed by atoms with Gasteiger partial charge in [0, 0.05) is 16.1 Å². The Morgan fingerprint density at radius 3 is 2.84 bits per heavy atom. The maximum Gasteiger partial charge on any atom is 0.0583 e. The third-order valence-corrected chi connectivity index (χ3v) is 4.52. The quantitative estimate of drug-likeness (QED) is 0.835. The van der Waals surface area contributed by atoms with Gasteiger partial charge in [0.05, 0.1) is 12.2 Å². The van der Waals surface area contributed by atoms with Gasteiger partial charge in [-0.05, 0) is 56.2 Å². The minimum Gasteiger partial charge on any atom is -0.393 e. The van der Waals surface area contributed by atoms with Crippen LogP contribution in [0.3, 0.4) is 0 Å². The number of hydrogen-bond acceptors (Lipinski definition) is 2. The normalized spacial score (nSPS) is 24.0. The molecular weight excluding hydrogens is 328 g/mol. The van der Waals surface area contributed by atoms with Crippen molar-refractivity contribution in [3.8, 4) is 0 Å². The lowest BCUT2D eigenvalue weighted by Gasteiger charge is -2.36. The summed E-state index contributed by atoms with van der Waals surface area (Å²) in [6, 6.07) is 5.81. The molecule has 1 aromatic carbocycles. The lowest BCUT2D eigenvalue weighted by atomic mass is 9.78. The van der Waals surface area contributed by atoms with Gasteiger partial charge in [0.2, 0.25) is 0 Å². The van der Waals surface area contributed by atoms with Crippen molar-refractivity contribution in [3.63, 3.8) is 0 Å². The van der Waals surface area contributed by atoms with Crippen LogP contribution in [0.15, 0.2) is 22.7 Å². The standard InChI is InChI=1S/C15H20BrClO2/c1-2-19-14-6-10(7-14)5-13(18)8-11-3-4-12(16)9-15(11)17/h3-4,9-10,13-14,18H,2,5-8H2,1H3. The van der Waals surface area contributed by atoms with Crippen molar-refractivity contribution in [1.29, 1.82) is 0 Å². The van der Waals surface area contributed by atoms with E-state index in [2.05, 4.69) is 15.9 Å². The van der Waals surface area contributed by atoms with E-state index in [4.69, 9.17) is 16.3 Å². The van der Waals surface area contributed by atoms with Crippen molar-refractivity contribution in [2.24, 2.45) is 5.92 Å². The number of aliphatic hydroxyl groups excluding tert-OH is 1. The number of halogens is 2. The minimum absolute atomic E-state index is 0.314. The molecule has 106 valence electrons. The van der Waals surface area contributed by atoms with Crippen LogP contribution in [0.1, 0.15) is 31.7 Å². The molecule has 1 atom stereocenters. The smallest absolute Gasteiger partial charge is 0.0583 e.